The lowest BCUT2D eigenvalue weighted by Crippen LogP contribution is -2.32. The van der Waals surface area contributed by atoms with Crippen LogP contribution in [0.25, 0.3) is 0 Å². The average Bonchev–Trinajstić information content (AvgIpc) is 2.28. The molecule has 0 aliphatic carbocycles. The van der Waals surface area contributed by atoms with Crippen LogP contribution in [0.5, 0.6) is 0 Å². The Bertz CT molecular complexity index is 364. The Hall–Kier alpha value is -1.00. The van der Waals surface area contributed by atoms with Gasteiger partial charge in [0.2, 0.25) is 5.91 Å². The molecule has 0 saturated carbocycles. The van der Waals surface area contributed by atoms with Crippen molar-refractivity contribution in [1.29, 1.82) is 0 Å². The third kappa shape index (κ3) is 4.79. The van der Waals surface area contributed by atoms with E-state index in [4.69, 9.17) is 5.73 Å². The molecule has 2 unspecified atom stereocenters. The van der Waals surface area contributed by atoms with E-state index in [-0.39, 0.29) is 18.0 Å². The molecule has 1 amide bonds. The highest BCUT2D eigenvalue weighted by Gasteiger charge is 2.11. The van der Waals surface area contributed by atoms with E-state index in [1.54, 1.807) is 11.8 Å². The van der Waals surface area contributed by atoms with Crippen LogP contribution in [0.15, 0.2) is 29.2 Å². The number of carbonyl (C=O) groups is 1. The fourth-order valence-corrected chi connectivity index (χ4v) is 2.18. The van der Waals surface area contributed by atoms with Crippen molar-refractivity contribution in [1.82, 2.24) is 5.32 Å². The highest BCUT2D eigenvalue weighted by atomic mass is 32.2. The number of nitrogens with one attached hydrogen (secondary N) is 1. The van der Waals surface area contributed by atoms with Crippen LogP contribution in [0.3, 0.4) is 0 Å². The van der Waals surface area contributed by atoms with E-state index in [2.05, 4.69) is 42.8 Å². The number of amides is 1. The van der Waals surface area contributed by atoms with Gasteiger partial charge in [-0.25, -0.2) is 0 Å². The van der Waals surface area contributed by atoms with Gasteiger partial charge in [-0.2, -0.15) is 0 Å². The third-order valence-corrected chi connectivity index (χ3v) is 3.40. The maximum Gasteiger partial charge on any atom is 0.218 e. The predicted molar refractivity (Wildman–Crippen MR) is 73.0 cm³/mol. The number of thioether (sulfide) groups is 1. The second-order valence-electron chi connectivity index (χ2n) is 4.23. The first-order valence-electron chi connectivity index (χ1n) is 5.71. The van der Waals surface area contributed by atoms with Crippen LogP contribution in [0.1, 0.15) is 31.9 Å². The topological polar surface area (TPSA) is 55.1 Å². The molecule has 0 fully saturated rings. The van der Waals surface area contributed by atoms with E-state index in [1.807, 2.05) is 6.92 Å². The molecule has 0 spiro atoms. The van der Waals surface area contributed by atoms with E-state index in [0.717, 1.165) is 0 Å². The van der Waals surface area contributed by atoms with Gasteiger partial charge in [0, 0.05) is 23.4 Å². The van der Waals surface area contributed by atoms with Gasteiger partial charge in [-0.05, 0) is 37.8 Å². The van der Waals surface area contributed by atoms with E-state index in [9.17, 15) is 4.79 Å². The average molecular weight is 252 g/mol. The summed E-state index contributed by atoms with van der Waals surface area (Å²) >= 11 is 1.73. The zero-order chi connectivity index (χ0) is 12.8. The molecular formula is C13H20N2OS. The minimum atomic E-state index is -0.269. The van der Waals surface area contributed by atoms with Crippen LogP contribution < -0.4 is 11.1 Å². The van der Waals surface area contributed by atoms with E-state index in [1.165, 1.54) is 10.5 Å². The van der Waals surface area contributed by atoms with Crippen molar-refractivity contribution in [2.45, 2.75) is 37.2 Å². The maximum absolute atomic E-state index is 10.8. The van der Waals surface area contributed by atoms with Crippen molar-refractivity contribution in [2.24, 2.45) is 5.73 Å². The number of nitrogens with two attached hydrogens (primary N) is 1. The molecule has 3 nitrogen and oxygen atoms in total. The van der Waals surface area contributed by atoms with Crippen LogP contribution in [-0.2, 0) is 4.79 Å². The molecule has 1 aromatic rings. The summed E-state index contributed by atoms with van der Waals surface area (Å²) in [4.78, 5) is 12.0. The van der Waals surface area contributed by atoms with E-state index >= 15 is 0 Å². The molecule has 4 heteroatoms. The summed E-state index contributed by atoms with van der Waals surface area (Å²) in [5.74, 6) is -0.269. The van der Waals surface area contributed by atoms with Crippen LogP contribution in [0.4, 0.5) is 0 Å². The van der Waals surface area contributed by atoms with Gasteiger partial charge in [0.1, 0.15) is 0 Å². The Morgan fingerprint density at radius 3 is 2.41 bits per heavy atom. The van der Waals surface area contributed by atoms with Gasteiger partial charge >= 0.3 is 0 Å². The summed E-state index contributed by atoms with van der Waals surface area (Å²) in [7, 11) is 0. The Balaban J connectivity index is 2.56. The number of hydrogen-bond acceptors (Lipinski definition) is 3. The van der Waals surface area contributed by atoms with Gasteiger partial charge in [0.25, 0.3) is 0 Å². The van der Waals surface area contributed by atoms with Crippen molar-refractivity contribution >= 4 is 17.7 Å². The summed E-state index contributed by atoms with van der Waals surface area (Å²) in [5.41, 5.74) is 6.39. The molecular weight excluding hydrogens is 232 g/mol. The highest BCUT2D eigenvalue weighted by Crippen LogP contribution is 2.19. The molecule has 2 atom stereocenters. The maximum atomic E-state index is 10.8. The normalized spacial score (nSPS) is 14.3. The molecule has 0 heterocycles. The van der Waals surface area contributed by atoms with Crippen molar-refractivity contribution in [3.8, 4) is 0 Å². The molecule has 1 rings (SSSR count). The number of rotatable bonds is 6. The molecule has 17 heavy (non-hydrogen) atoms. The smallest absolute Gasteiger partial charge is 0.218 e. The van der Waals surface area contributed by atoms with Crippen LogP contribution in [-0.4, -0.2) is 18.2 Å². The van der Waals surface area contributed by atoms with Gasteiger partial charge in [0.15, 0.2) is 0 Å². The Morgan fingerprint density at radius 1 is 1.35 bits per heavy atom. The molecule has 0 saturated heterocycles. The monoisotopic (exact) mass is 252 g/mol. The molecule has 94 valence electrons. The lowest BCUT2D eigenvalue weighted by Gasteiger charge is -2.19. The molecule has 0 aliphatic heterocycles. The minimum Gasteiger partial charge on any atom is -0.370 e. The third-order valence-electron chi connectivity index (χ3n) is 2.66. The molecule has 0 aromatic heterocycles. The summed E-state index contributed by atoms with van der Waals surface area (Å²) in [6.07, 6.45) is 2.43. The fraction of sp³-hybridized carbons (Fsp3) is 0.462. The first-order valence-corrected chi connectivity index (χ1v) is 6.93. The van der Waals surface area contributed by atoms with Crippen molar-refractivity contribution in [2.75, 3.05) is 6.26 Å². The number of benzene rings is 1. The van der Waals surface area contributed by atoms with Crippen LogP contribution in [0.2, 0.25) is 0 Å². The lowest BCUT2D eigenvalue weighted by atomic mass is 10.1. The summed E-state index contributed by atoms with van der Waals surface area (Å²) in [5, 5.41) is 3.36. The molecule has 1 aromatic carbocycles. The first kappa shape index (κ1) is 14.1. The number of primary amides is 1. The Labute approximate surface area is 107 Å². The Morgan fingerprint density at radius 2 is 1.94 bits per heavy atom. The zero-order valence-electron chi connectivity index (χ0n) is 10.6. The SMILES string of the molecule is CSc1ccc(C(C)NC(C)CC(N)=O)cc1. The van der Waals surface area contributed by atoms with Crippen molar-refractivity contribution in [3.63, 3.8) is 0 Å². The van der Waals surface area contributed by atoms with Crippen molar-refractivity contribution in [3.05, 3.63) is 29.8 Å². The fourth-order valence-electron chi connectivity index (χ4n) is 1.78. The number of carbonyl (C=O) groups excluding carboxylic acids is 1. The molecule has 3 N–H and O–H groups in total. The van der Waals surface area contributed by atoms with Crippen LogP contribution >= 0.6 is 11.8 Å². The standard InChI is InChI=1S/C13H20N2OS/c1-9(8-13(14)16)15-10(2)11-4-6-12(17-3)7-5-11/h4-7,9-10,15H,8H2,1-3H3,(H2,14,16). The summed E-state index contributed by atoms with van der Waals surface area (Å²) in [6.45, 7) is 4.06. The second-order valence-corrected chi connectivity index (χ2v) is 5.11. The van der Waals surface area contributed by atoms with Crippen LogP contribution in [0, 0.1) is 0 Å². The highest BCUT2D eigenvalue weighted by molar-refractivity contribution is 7.98. The Kier molecular flexibility index (Phi) is 5.51. The van der Waals surface area contributed by atoms with Gasteiger partial charge in [-0.15, -0.1) is 11.8 Å². The first-order chi connectivity index (χ1) is 8.02. The zero-order valence-corrected chi connectivity index (χ0v) is 11.4. The van der Waals surface area contributed by atoms with Crippen molar-refractivity contribution < 1.29 is 4.79 Å². The summed E-state index contributed by atoms with van der Waals surface area (Å²) < 4.78 is 0. The number of hydrogen-bond donors (Lipinski definition) is 2. The molecule has 0 bridgehead atoms. The van der Waals surface area contributed by atoms with Gasteiger partial charge < -0.3 is 11.1 Å². The quantitative estimate of drug-likeness (QED) is 0.764. The molecule has 0 aliphatic rings. The molecule has 0 radical (unpaired) electrons. The summed E-state index contributed by atoms with van der Waals surface area (Å²) in [6, 6.07) is 8.76. The largest absolute Gasteiger partial charge is 0.370 e. The van der Waals surface area contributed by atoms with E-state index < -0.39 is 0 Å². The van der Waals surface area contributed by atoms with Gasteiger partial charge in [-0.1, -0.05) is 12.1 Å². The lowest BCUT2D eigenvalue weighted by molar-refractivity contribution is -0.118. The van der Waals surface area contributed by atoms with Gasteiger partial charge in [-0.3, -0.25) is 4.79 Å². The van der Waals surface area contributed by atoms with Gasteiger partial charge in [0.05, 0.1) is 0 Å². The minimum absolute atomic E-state index is 0.0997. The second kappa shape index (κ2) is 6.67. The predicted octanol–water partition coefficient (Wildman–Crippen LogP) is 2.32. The van der Waals surface area contributed by atoms with E-state index in [0.29, 0.717) is 6.42 Å².